The quantitative estimate of drug-likeness (QED) is 0.488. The summed E-state index contributed by atoms with van der Waals surface area (Å²) in [6, 6.07) is 9.65. The number of ether oxygens (including phenoxy) is 1. The number of carbonyl (C=O) groups is 1. The Labute approximate surface area is 146 Å². The number of phenols is 1. The maximum absolute atomic E-state index is 12.2. The van der Waals surface area contributed by atoms with Gasteiger partial charge in [-0.1, -0.05) is 0 Å². The number of phenolic OH excluding ortho intramolecular Hbond substituents is 1. The minimum atomic E-state index is -0.384. The average molecular weight is 360 g/mol. The molecule has 0 saturated carbocycles. The molecule has 122 valence electrons. The van der Waals surface area contributed by atoms with E-state index >= 15 is 0 Å². The Balaban J connectivity index is 1.71. The van der Waals surface area contributed by atoms with Gasteiger partial charge in [0, 0.05) is 11.6 Å². The lowest BCUT2D eigenvalue weighted by molar-refractivity contribution is 0.0978. The first-order chi connectivity index (χ1) is 11.6. The zero-order valence-corrected chi connectivity index (χ0v) is 14.1. The van der Waals surface area contributed by atoms with Gasteiger partial charge in [0.05, 0.1) is 24.5 Å². The fraction of sp³-hybridized carbons (Fsp3) is 0.0667. The van der Waals surface area contributed by atoms with Crippen molar-refractivity contribution < 1.29 is 14.6 Å². The first-order valence-corrected chi connectivity index (χ1v) is 7.92. The normalized spacial score (nSPS) is 10.4. The second kappa shape index (κ2) is 6.77. The van der Waals surface area contributed by atoms with Gasteiger partial charge >= 0.3 is 0 Å². The number of amides is 1. The largest absolute Gasteiger partial charge is 0.506 e. The third-order valence-electron chi connectivity index (χ3n) is 3.19. The maximum Gasteiger partial charge on any atom is 0.257 e. The summed E-state index contributed by atoms with van der Waals surface area (Å²) in [5.74, 6) is 0.151. The van der Waals surface area contributed by atoms with Crippen molar-refractivity contribution in [3.05, 3.63) is 42.0 Å². The number of thiocarbonyl (C=S) groups is 1. The molecule has 0 aliphatic rings. The lowest BCUT2D eigenvalue weighted by Crippen LogP contribution is -2.34. The number of anilines is 1. The molecule has 1 aromatic heterocycles. The molecule has 0 fully saturated rings. The van der Waals surface area contributed by atoms with Crippen molar-refractivity contribution in [2.75, 3.05) is 12.4 Å². The summed E-state index contributed by atoms with van der Waals surface area (Å²) in [5.41, 5.74) is 2.13. The molecule has 0 spiro atoms. The zero-order chi connectivity index (χ0) is 17.1. The molecular weight excluding hydrogens is 348 g/mol. The Morgan fingerprint density at radius 1 is 1.21 bits per heavy atom. The number of methoxy groups -OCH3 is 1. The van der Waals surface area contributed by atoms with E-state index in [0.717, 1.165) is 17.2 Å². The van der Waals surface area contributed by atoms with Crippen molar-refractivity contribution >= 4 is 51.7 Å². The number of hydrogen-bond acceptors (Lipinski definition) is 7. The van der Waals surface area contributed by atoms with Gasteiger partial charge in [0.25, 0.3) is 5.91 Å². The SMILES string of the molecule is COc1ccc(O)c(NC(=S)NC(=O)c2ccc3nsnc3c2)c1. The van der Waals surface area contributed by atoms with Crippen LogP contribution < -0.4 is 15.4 Å². The molecule has 3 rings (SSSR count). The summed E-state index contributed by atoms with van der Waals surface area (Å²) in [6.07, 6.45) is 0. The number of nitrogens with one attached hydrogen (secondary N) is 2. The standard InChI is InChI=1S/C15H12N4O3S2/c1-22-9-3-5-13(20)12(7-9)16-15(23)17-14(21)8-2-4-10-11(6-8)19-24-18-10/h2-7,20H,1H3,(H2,16,17,21,23). The Bertz CT molecular complexity index is 926. The third-order valence-corrected chi connectivity index (χ3v) is 3.96. The summed E-state index contributed by atoms with van der Waals surface area (Å²) in [6.45, 7) is 0. The Kier molecular flexibility index (Phi) is 4.54. The maximum atomic E-state index is 12.2. The smallest absolute Gasteiger partial charge is 0.257 e. The molecule has 0 atom stereocenters. The lowest BCUT2D eigenvalue weighted by atomic mass is 10.2. The molecule has 0 saturated heterocycles. The predicted molar refractivity (Wildman–Crippen MR) is 95.8 cm³/mol. The topological polar surface area (TPSA) is 96.4 Å². The van der Waals surface area contributed by atoms with Gasteiger partial charge in [-0.05, 0) is 42.5 Å². The average Bonchev–Trinajstić information content (AvgIpc) is 3.04. The molecule has 0 aliphatic heterocycles. The highest BCUT2D eigenvalue weighted by molar-refractivity contribution is 7.80. The summed E-state index contributed by atoms with van der Waals surface area (Å²) in [4.78, 5) is 12.2. The fourth-order valence-electron chi connectivity index (χ4n) is 1.99. The number of aromatic nitrogens is 2. The van der Waals surface area contributed by atoms with Crippen molar-refractivity contribution in [1.82, 2.24) is 14.1 Å². The van der Waals surface area contributed by atoms with Crippen LogP contribution in [0.5, 0.6) is 11.5 Å². The molecule has 9 heteroatoms. The molecule has 0 bridgehead atoms. The molecule has 2 aromatic carbocycles. The van der Waals surface area contributed by atoms with E-state index in [0.29, 0.717) is 22.5 Å². The van der Waals surface area contributed by atoms with E-state index in [2.05, 4.69) is 19.4 Å². The van der Waals surface area contributed by atoms with E-state index in [4.69, 9.17) is 17.0 Å². The van der Waals surface area contributed by atoms with Crippen molar-refractivity contribution in [3.8, 4) is 11.5 Å². The summed E-state index contributed by atoms with van der Waals surface area (Å²) in [5, 5.41) is 15.2. The van der Waals surface area contributed by atoms with Gasteiger partial charge in [-0.2, -0.15) is 8.75 Å². The van der Waals surface area contributed by atoms with Crippen LogP contribution in [0.25, 0.3) is 11.0 Å². The number of fused-ring (bicyclic) bond motifs is 1. The van der Waals surface area contributed by atoms with Gasteiger partial charge < -0.3 is 15.2 Å². The van der Waals surface area contributed by atoms with E-state index in [1.54, 1.807) is 30.3 Å². The number of carbonyl (C=O) groups excluding carboxylic acids is 1. The van der Waals surface area contributed by atoms with Crippen LogP contribution in [-0.4, -0.2) is 32.0 Å². The molecule has 1 heterocycles. The zero-order valence-electron chi connectivity index (χ0n) is 12.4. The second-order valence-electron chi connectivity index (χ2n) is 4.76. The monoisotopic (exact) mass is 360 g/mol. The van der Waals surface area contributed by atoms with Gasteiger partial charge in [0.15, 0.2) is 5.11 Å². The van der Waals surface area contributed by atoms with Gasteiger partial charge in [-0.15, -0.1) is 0 Å². The highest BCUT2D eigenvalue weighted by Crippen LogP contribution is 2.27. The van der Waals surface area contributed by atoms with Crippen LogP contribution in [0.3, 0.4) is 0 Å². The Morgan fingerprint density at radius 2 is 2.00 bits per heavy atom. The fourth-order valence-corrected chi connectivity index (χ4v) is 2.71. The third kappa shape index (κ3) is 3.42. The van der Waals surface area contributed by atoms with E-state index < -0.39 is 0 Å². The van der Waals surface area contributed by atoms with Gasteiger partial charge in [-0.25, -0.2) is 0 Å². The molecular formula is C15H12N4O3S2. The van der Waals surface area contributed by atoms with Crippen LogP contribution in [0, 0.1) is 0 Å². The van der Waals surface area contributed by atoms with Gasteiger partial charge in [-0.3, -0.25) is 10.1 Å². The van der Waals surface area contributed by atoms with E-state index in [9.17, 15) is 9.90 Å². The molecule has 1 amide bonds. The molecule has 0 radical (unpaired) electrons. The molecule has 7 nitrogen and oxygen atoms in total. The predicted octanol–water partition coefficient (Wildman–Crippen LogP) is 2.53. The highest BCUT2D eigenvalue weighted by Gasteiger charge is 2.11. The van der Waals surface area contributed by atoms with Crippen molar-refractivity contribution in [1.29, 1.82) is 0 Å². The van der Waals surface area contributed by atoms with Gasteiger partial charge in [0.1, 0.15) is 22.5 Å². The Morgan fingerprint density at radius 3 is 2.79 bits per heavy atom. The molecule has 0 aliphatic carbocycles. The van der Waals surface area contributed by atoms with Crippen molar-refractivity contribution in [2.45, 2.75) is 0 Å². The highest BCUT2D eigenvalue weighted by atomic mass is 32.1. The van der Waals surface area contributed by atoms with Crippen LogP contribution in [0.4, 0.5) is 5.69 Å². The lowest BCUT2D eigenvalue weighted by Gasteiger charge is -2.12. The number of nitrogens with zero attached hydrogens (tertiary/aromatic N) is 2. The minimum Gasteiger partial charge on any atom is -0.506 e. The van der Waals surface area contributed by atoms with Crippen LogP contribution in [0.2, 0.25) is 0 Å². The van der Waals surface area contributed by atoms with Gasteiger partial charge in [0.2, 0.25) is 0 Å². The number of hydrogen-bond donors (Lipinski definition) is 3. The molecule has 3 N–H and O–H groups in total. The molecule has 0 unspecified atom stereocenters. The van der Waals surface area contributed by atoms with E-state index in [1.165, 1.54) is 13.2 Å². The molecule has 24 heavy (non-hydrogen) atoms. The number of benzene rings is 2. The summed E-state index contributed by atoms with van der Waals surface area (Å²) < 4.78 is 13.3. The van der Waals surface area contributed by atoms with Crippen LogP contribution in [0.15, 0.2) is 36.4 Å². The van der Waals surface area contributed by atoms with Crippen molar-refractivity contribution in [3.63, 3.8) is 0 Å². The second-order valence-corrected chi connectivity index (χ2v) is 5.70. The minimum absolute atomic E-state index is 0.0117. The Hall–Kier alpha value is -2.78. The number of rotatable bonds is 3. The molecule has 3 aromatic rings. The summed E-state index contributed by atoms with van der Waals surface area (Å²) in [7, 11) is 1.51. The van der Waals surface area contributed by atoms with E-state index in [-0.39, 0.29) is 16.8 Å². The first kappa shape index (κ1) is 16.1. The summed E-state index contributed by atoms with van der Waals surface area (Å²) >= 11 is 6.19. The van der Waals surface area contributed by atoms with Crippen LogP contribution >= 0.6 is 23.9 Å². The van der Waals surface area contributed by atoms with Crippen molar-refractivity contribution in [2.24, 2.45) is 0 Å². The van der Waals surface area contributed by atoms with Crippen LogP contribution in [0.1, 0.15) is 10.4 Å². The number of aromatic hydroxyl groups is 1. The first-order valence-electron chi connectivity index (χ1n) is 6.78. The van der Waals surface area contributed by atoms with Crippen LogP contribution in [-0.2, 0) is 0 Å². The van der Waals surface area contributed by atoms with E-state index in [1.807, 2.05) is 0 Å².